The number of rotatable bonds is 1. The number of nitrogens with zero attached hydrogens (tertiary/aromatic N) is 5. The van der Waals surface area contributed by atoms with E-state index in [1.165, 1.54) is 6.33 Å². The fourth-order valence-electron chi connectivity index (χ4n) is 2.41. The van der Waals surface area contributed by atoms with Crippen LogP contribution < -0.4 is 5.56 Å². The van der Waals surface area contributed by atoms with Crippen LogP contribution in [0.25, 0.3) is 33.1 Å². The number of hydrogen-bond acceptors (Lipinski definition) is 5. The van der Waals surface area contributed by atoms with Gasteiger partial charge in [-0.3, -0.25) is 14.5 Å². The molecule has 7 nitrogen and oxygen atoms in total. The SMILES string of the molecule is Cn1ncc2ncc(-c3c(=O)[nH]cc4cncnc34)cc21. The number of aromatic amines is 1. The molecule has 0 amide bonds. The van der Waals surface area contributed by atoms with Gasteiger partial charge in [-0.05, 0) is 6.07 Å². The molecule has 4 heterocycles. The van der Waals surface area contributed by atoms with Crippen molar-refractivity contribution in [2.45, 2.75) is 0 Å². The van der Waals surface area contributed by atoms with E-state index in [9.17, 15) is 4.79 Å². The predicted molar refractivity (Wildman–Crippen MR) is 77.7 cm³/mol. The molecule has 0 saturated carbocycles. The molecule has 4 aromatic heterocycles. The summed E-state index contributed by atoms with van der Waals surface area (Å²) < 4.78 is 1.72. The molecule has 21 heavy (non-hydrogen) atoms. The maximum absolute atomic E-state index is 12.2. The van der Waals surface area contributed by atoms with Crippen molar-refractivity contribution in [3.8, 4) is 11.1 Å². The van der Waals surface area contributed by atoms with Crippen LogP contribution in [0.2, 0.25) is 0 Å². The molecule has 0 spiro atoms. The van der Waals surface area contributed by atoms with Gasteiger partial charge in [0.15, 0.2) is 0 Å². The monoisotopic (exact) mass is 278 g/mol. The number of pyridine rings is 2. The molecule has 1 N–H and O–H groups in total. The molecule has 0 aromatic carbocycles. The van der Waals surface area contributed by atoms with Crippen molar-refractivity contribution < 1.29 is 0 Å². The van der Waals surface area contributed by atoms with Gasteiger partial charge in [0.1, 0.15) is 11.8 Å². The average molecular weight is 278 g/mol. The van der Waals surface area contributed by atoms with Crippen molar-refractivity contribution in [3.05, 3.63) is 47.5 Å². The molecule has 0 aliphatic heterocycles. The molecule has 0 saturated heterocycles. The first-order chi connectivity index (χ1) is 10.2. The molecule has 0 unspecified atom stereocenters. The lowest BCUT2D eigenvalue weighted by Crippen LogP contribution is -2.09. The molecule has 0 radical (unpaired) electrons. The van der Waals surface area contributed by atoms with Gasteiger partial charge in [-0.1, -0.05) is 0 Å². The van der Waals surface area contributed by atoms with Crippen LogP contribution >= 0.6 is 0 Å². The second kappa shape index (κ2) is 4.20. The van der Waals surface area contributed by atoms with E-state index in [2.05, 4.69) is 25.0 Å². The van der Waals surface area contributed by atoms with Gasteiger partial charge in [-0.15, -0.1) is 0 Å². The van der Waals surface area contributed by atoms with Crippen LogP contribution in [-0.4, -0.2) is 29.7 Å². The van der Waals surface area contributed by atoms with Crippen LogP contribution in [0.15, 0.2) is 42.0 Å². The van der Waals surface area contributed by atoms with Crippen molar-refractivity contribution in [1.29, 1.82) is 0 Å². The maximum atomic E-state index is 12.2. The minimum atomic E-state index is -0.204. The lowest BCUT2D eigenvalue weighted by Gasteiger charge is -2.04. The first kappa shape index (κ1) is 11.7. The minimum absolute atomic E-state index is 0.204. The summed E-state index contributed by atoms with van der Waals surface area (Å²) in [6.45, 7) is 0. The third kappa shape index (κ3) is 1.71. The van der Waals surface area contributed by atoms with Gasteiger partial charge in [0.25, 0.3) is 5.56 Å². The summed E-state index contributed by atoms with van der Waals surface area (Å²) in [4.78, 5) is 27.5. The lowest BCUT2D eigenvalue weighted by molar-refractivity contribution is 0.797. The Morgan fingerprint density at radius 2 is 2.10 bits per heavy atom. The van der Waals surface area contributed by atoms with Crippen molar-refractivity contribution in [2.75, 3.05) is 0 Å². The zero-order chi connectivity index (χ0) is 14.4. The Morgan fingerprint density at radius 3 is 3.00 bits per heavy atom. The fourth-order valence-corrected chi connectivity index (χ4v) is 2.41. The van der Waals surface area contributed by atoms with Gasteiger partial charge in [0.05, 0.1) is 22.8 Å². The summed E-state index contributed by atoms with van der Waals surface area (Å²) in [5, 5.41) is 4.93. The molecule has 4 rings (SSSR count). The van der Waals surface area contributed by atoms with Crippen molar-refractivity contribution in [3.63, 3.8) is 0 Å². The quantitative estimate of drug-likeness (QED) is 0.566. The summed E-state index contributed by atoms with van der Waals surface area (Å²) in [7, 11) is 1.84. The number of aryl methyl sites for hydroxylation is 1. The average Bonchev–Trinajstić information content (AvgIpc) is 2.88. The number of H-pyrrole nitrogens is 1. The Kier molecular flexibility index (Phi) is 2.34. The van der Waals surface area contributed by atoms with Crippen molar-refractivity contribution in [1.82, 2.24) is 29.7 Å². The number of aromatic nitrogens is 6. The standard InChI is InChI=1S/C14H10N6O/c1-20-11-2-8(4-16-10(11)6-19-20)12-13-9(3-15-7-18-13)5-17-14(12)21/h2-7H,1H3,(H,17,21). The largest absolute Gasteiger partial charge is 0.328 e. The van der Waals surface area contributed by atoms with Gasteiger partial charge in [0.2, 0.25) is 0 Å². The highest BCUT2D eigenvalue weighted by atomic mass is 16.1. The van der Waals surface area contributed by atoms with Gasteiger partial charge in [0, 0.05) is 36.6 Å². The van der Waals surface area contributed by atoms with E-state index in [0.29, 0.717) is 16.6 Å². The van der Waals surface area contributed by atoms with E-state index in [1.54, 1.807) is 29.5 Å². The summed E-state index contributed by atoms with van der Waals surface area (Å²) in [6, 6.07) is 1.89. The Balaban J connectivity index is 2.10. The van der Waals surface area contributed by atoms with Crippen LogP contribution in [-0.2, 0) is 7.05 Å². The summed E-state index contributed by atoms with van der Waals surface area (Å²) in [6.07, 6.45) is 8.06. The summed E-state index contributed by atoms with van der Waals surface area (Å²) in [5.74, 6) is 0. The fraction of sp³-hybridized carbons (Fsp3) is 0.0714. The second-order valence-corrected chi connectivity index (χ2v) is 4.72. The number of hydrogen-bond donors (Lipinski definition) is 1. The third-order valence-electron chi connectivity index (χ3n) is 3.45. The van der Waals surface area contributed by atoms with Gasteiger partial charge < -0.3 is 4.98 Å². The van der Waals surface area contributed by atoms with E-state index in [-0.39, 0.29) is 5.56 Å². The highest BCUT2D eigenvalue weighted by molar-refractivity contribution is 5.93. The van der Waals surface area contributed by atoms with Crippen molar-refractivity contribution in [2.24, 2.45) is 7.05 Å². The highest BCUT2D eigenvalue weighted by Crippen LogP contribution is 2.24. The molecule has 102 valence electrons. The first-order valence-corrected chi connectivity index (χ1v) is 6.33. The minimum Gasteiger partial charge on any atom is -0.328 e. The summed E-state index contributed by atoms with van der Waals surface area (Å²) in [5.41, 5.74) is 3.24. The molecule has 0 aliphatic rings. The molecule has 4 aromatic rings. The van der Waals surface area contributed by atoms with Gasteiger partial charge >= 0.3 is 0 Å². The molecule has 0 atom stereocenters. The normalized spacial score (nSPS) is 11.3. The molecule has 0 bridgehead atoms. The lowest BCUT2D eigenvalue weighted by atomic mass is 10.1. The van der Waals surface area contributed by atoms with Crippen LogP contribution in [0.5, 0.6) is 0 Å². The third-order valence-corrected chi connectivity index (χ3v) is 3.45. The van der Waals surface area contributed by atoms with E-state index in [4.69, 9.17) is 0 Å². The smallest absolute Gasteiger partial charge is 0.258 e. The molecule has 0 fully saturated rings. The van der Waals surface area contributed by atoms with Crippen LogP contribution in [0.1, 0.15) is 0 Å². The van der Waals surface area contributed by atoms with Crippen LogP contribution in [0.4, 0.5) is 0 Å². The van der Waals surface area contributed by atoms with Gasteiger partial charge in [-0.2, -0.15) is 5.10 Å². The molecular weight excluding hydrogens is 268 g/mol. The van der Waals surface area contributed by atoms with E-state index < -0.39 is 0 Å². The molecule has 7 heteroatoms. The molecular formula is C14H10N6O. The Hall–Kier alpha value is -3.09. The number of nitrogens with one attached hydrogen (secondary N) is 1. The Morgan fingerprint density at radius 1 is 1.19 bits per heavy atom. The highest BCUT2D eigenvalue weighted by Gasteiger charge is 2.12. The van der Waals surface area contributed by atoms with Crippen LogP contribution in [0, 0.1) is 0 Å². The topological polar surface area (TPSA) is 89.4 Å². The predicted octanol–water partition coefficient (Wildman–Crippen LogP) is 1.27. The van der Waals surface area contributed by atoms with E-state index in [1.807, 2.05) is 13.1 Å². The summed E-state index contributed by atoms with van der Waals surface area (Å²) >= 11 is 0. The van der Waals surface area contributed by atoms with Crippen molar-refractivity contribution >= 4 is 21.9 Å². The second-order valence-electron chi connectivity index (χ2n) is 4.72. The van der Waals surface area contributed by atoms with Gasteiger partial charge in [-0.25, -0.2) is 9.97 Å². The zero-order valence-electron chi connectivity index (χ0n) is 11.1. The molecule has 0 aliphatic carbocycles. The van der Waals surface area contributed by atoms with Crippen LogP contribution in [0.3, 0.4) is 0 Å². The van der Waals surface area contributed by atoms with E-state index >= 15 is 0 Å². The first-order valence-electron chi connectivity index (χ1n) is 6.33. The number of fused-ring (bicyclic) bond motifs is 2. The zero-order valence-corrected chi connectivity index (χ0v) is 11.1. The van der Waals surface area contributed by atoms with E-state index in [0.717, 1.165) is 16.4 Å². The maximum Gasteiger partial charge on any atom is 0.258 e. The Labute approximate surface area is 118 Å². The Bertz CT molecular complexity index is 1030.